The fraction of sp³-hybridized carbons (Fsp3) is 0.667. The Kier molecular flexibility index (Phi) is 4.57. The van der Waals surface area contributed by atoms with Gasteiger partial charge in [-0.1, -0.05) is 19.1 Å². The molecule has 2 aliphatic rings. The second-order valence-electron chi connectivity index (χ2n) is 7.03. The maximum absolute atomic E-state index is 13.1. The molecule has 2 heterocycles. The Morgan fingerprint density at radius 1 is 1.48 bits per heavy atom. The van der Waals surface area contributed by atoms with Crippen LogP contribution in [0.4, 0.5) is 0 Å². The van der Waals surface area contributed by atoms with E-state index in [0.717, 1.165) is 30.5 Å². The van der Waals surface area contributed by atoms with E-state index in [9.17, 15) is 4.79 Å². The molecule has 5 heteroatoms. The van der Waals surface area contributed by atoms with Gasteiger partial charge >= 0.3 is 0 Å². The summed E-state index contributed by atoms with van der Waals surface area (Å²) < 4.78 is 7.49. The third-order valence-corrected chi connectivity index (χ3v) is 5.05. The zero-order chi connectivity index (χ0) is 16.4. The van der Waals surface area contributed by atoms with E-state index in [1.807, 2.05) is 29.7 Å². The van der Waals surface area contributed by atoms with Crippen molar-refractivity contribution >= 4 is 5.91 Å². The minimum absolute atomic E-state index is 0.173. The molecule has 2 unspecified atom stereocenters. The van der Waals surface area contributed by atoms with Gasteiger partial charge in [0.05, 0.1) is 17.7 Å². The summed E-state index contributed by atoms with van der Waals surface area (Å²) in [6, 6.07) is 0. The van der Waals surface area contributed by atoms with Crippen LogP contribution in [0.3, 0.4) is 0 Å². The highest BCUT2D eigenvalue weighted by atomic mass is 16.5. The van der Waals surface area contributed by atoms with Gasteiger partial charge in [-0.05, 0) is 26.2 Å². The zero-order valence-electron chi connectivity index (χ0n) is 14.4. The predicted octanol–water partition coefficient (Wildman–Crippen LogP) is 2.63. The predicted molar refractivity (Wildman–Crippen MR) is 89.0 cm³/mol. The van der Waals surface area contributed by atoms with Crippen molar-refractivity contribution in [3.05, 3.63) is 29.6 Å². The van der Waals surface area contributed by atoms with Gasteiger partial charge in [0.25, 0.3) is 0 Å². The number of fused-ring (bicyclic) bond motifs is 1. The number of hydrogen-bond donors (Lipinski definition) is 0. The molecular weight excluding hydrogens is 290 g/mol. The summed E-state index contributed by atoms with van der Waals surface area (Å²) in [7, 11) is 1.94. The fourth-order valence-corrected chi connectivity index (χ4v) is 3.73. The van der Waals surface area contributed by atoms with Crippen molar-refractivity contribution in [2.45, 2.75) is 45.6 Å². The fourth-order valence-electron chi connectivity index (χ4n) is 3.73. The van der Waals surface area contributed by atoms with E-state index in [1.54, 1.807) is 0 Å². The number of nitrogens with zero attached hydrogens (tertiary/aromatic N) is 3. The molecule has 126 valence electrons. The molecule has 0 aromatic carbocycles. The number of aromatic nitrogens is 2. The Morgan fingerprint density at radius 3 is 3.00 bits per heavy atom. The average molecular weight is 317 g/mol. The molecule has 23 heavy (non-hydrogen) atoms. The van der Waals surface area contributed by atoms with Crippen molar-refractivity contribution in [2.75, 3.05) is 19.8 Å². The number of ether oxygens (including phenoxy) is 1. The van der Waals surface area contributed by atoms with E-state index in [-0.39, 0.29) is 17.2 Å². The molecule has 0 saturated heterocycles. The molecule has 0 bridgehead atoms. The topological polar surface area (TPSA) is 47.4 Å². The van der Waals surface area contributed by atoms with Gasteiger partial charge in [0.15, 0.2) is 0 Å². The van der Waals surface area contributed by atoms with E-state index in [1.165, 1.54) is 0 Å². The van der Waals surface area contributed by atoms with Crippen molar-refractivity contribution in [2.24, 2.45) is 12.5 Å². The number of aryl methyl sites for hydroxylation is 1. The Labute approximate surface area is 138 Å². The lowest BCUT2D eigenvalue weighted by Gasteiger charge is -2.39. The summed E-state index contributed by atoms with van der Waals surface area (Å²) in [5.74, 6) is 0.449. The highest BCUT2D eigenvalue weighted by Gasteiger charge is 2.39. The lowest BCUT2D eigenvalue weighted by atomic mass is 9.77. The van der Waals surface area contributed by atoms with Crippen LogP contribution in [-0.4, -0.2) is 40.3 Å². The molecular formula is C18H27N3O2. The molecule has 0 spiro atoms. The molecule has 3 rings (SSSR count). The molecule has 0 N–H and O–H groups in total. The number of amides is 1. The van der Waals surface area contributed by atoms with Crippen molar-refractivity contribution < 1.29 is 9.53 Å². The maximum Gasteiger partial charge on any atom is 0.229 e. The summed E-state index contributed by atoms with van der Waals surface area (Å²) in [4.78, 5) is 15.2. The highest BCUT2D eigenvalue weighted by molar-refractivity contribution is 5.83. The van der Waals surface area contributed by atoms with Gasteiger partial charge in [-0.15, -0.1) is 0 Å². The second kappa shape index (κ2) is 6.48. The van der Waals surface area contributed by atoms with Crippen LogP contribution in [0, 0.1) is 5.41 Å². The van der Waals surface area contributed by atoms with Crippen molar-refractivity contribution in [3.63, 3.8) is 0 Å². The summed E-state index contributed by atoms with van der Waals surface area (Å²) in [6.45, 7) is 6.80. The number of allylic oxidation sites excluding steroid dienone is 2. The average Bonchev–Trinajstić information content (AvgIpc) is 2.92. The third-order valence-electron chi connectivity index (χ3n) is 5.05. The van der Waals surface area contributed by atoms with Gasteiger partial charge in [-0.3, -0.25) is 9.48 Å². The van der Waals surface area contributed by atoms with E-state index in [0.29, 0.717) is 26.3 Å². The van der Waals surface area contributed by atoms with Crippen LogP contribution >= 0.6 is 0 Å². The minimum atomic E-state index is -0.259. The number of hydrogen-bond acceptors (Lipinski definition) is 3. The molecule has 1 aromatic rings. The van der Waals surface area contributed by atoms with Crippen LogP contribution in [0.5, 0.6) is 0 Å². The van der Waals surface area contributed by atoms with Gasteiger partial charge in [-0.2, -0.15) is 5.10 Å². The Bertz CT molecular complexity index is 607. The van der Waals surface area contributed by atoms with E-state index < -0.39 is 0 Å². The summed E-state index contributed by atoms with van der Waals surface area (Å²) in [5.41, 5.74) is 2.00. The van der Waals surface area contributed by atoms with Gasteiger partial charge in [0.1, 0.15) is 0 Å². The lowest BCUT2D eigenvalue weighted by Crippen LogP contribution is -2.46. The molecule has 1 aromatic heterocycles. The molecule has 0 radical (unpaired) electrons. The van der Waals surface area contributed by atoms with Crippen LogP contribution < -0.4 is 0 Å². The zero-order valence-corrected chi connectivity index (χ0v) is 14.4. The summed E-state index contributed by atoms with van der Waals surface area (Å²) in [6.07, 6.45) is 9.15. The van der Waals surface area contributed by atoms with E-state index in [4.69, 9.17) is 4.74 Å². The standard InChI is InChI=1S/C18H27N3O2/c1-4-23-13-15-12-21(11-14-10-20(3)19-16(14)15)17(22)18(2)8-6-5-7-9-18/h5-6,10,15H,4,7-9,11-13H2,1-3H3. The Hall–Kier alpha value is -1.62. The molecule has 0 saturated carbocycles. The van der Waals surface area contributed by atoms with Gasteiger partial charge in [0, 0.05) is 44.4 Å². The molecule has 1 amide bonds. The van der Waals surface area contributed by atoms with Gasteiger partial charge < -0.3 is 9.64 Å². The monoisotopic (exact) mass is 317 g/mol. The van der Waals surface area contributed by atoms with Crippen molar-refractivity contribution in [3.8, 4) is 0 Å². The Balaban J connectivity index is 1.81. The summed E-state index contributed by atoms with van der Waals surface area (Å²) >= 11 is 0. The summed E-state index contributed by atoms with van der Waals surface area (Å²) in [5, 5.41) is 4.60. The first-order valence-corrected chi connectivity index (χ1v) is 8.58. The van der Waals surface area contributed by atoms with Crippen LogP contribution in [-0.2, 0) is 23.1 Å². The Morgan fingerprint density at radius 2 is 2.30 bits per heavy atom. The second-order valence-corrected chi connectivity index (χ2v) is 7.03. The molecule has 1 aliphatic heterocycles. The molecule has 1 aliphatic carbocycles. The van der Waals surface area contributed by atoms with E-state index in [2.05, 4.69) is 24.2 Å². The van der Waals surface area contributed by atoms with Crippen molar-refractivity contribution in [1.82, 2.24) is 14.7 Å². The van der Waals surface area contributed by atoms with Crippen molar-refractivity contribution in [1.29, 1.82) is 0 Å². The van der Waals surface area contributed by atoms with E-state index >= 15 is 0 Å². The normalized spacial score (nSPS) is 27.1. The number of rotatable bonds is 4. The largest absolute Gasteiger partial charge is 0.381 e. The SMILES string of the molecule is CCOCC1CN(C(=O)C2(C)CC=CCC2)Cc2cn(C)nc21. The lowest BCUT2D eigenvalue weighted by molar-refractivity contribution is -0.143. The molecule has 2 atom stereocenters. The minimum Gasteiger partial charge on any atom is -0.381 e. The van der Waals surface area contributed by atoms with Crippen LogP contribution in [0.1, 0.15) is 50.3 Å². The molecule has 0 fully saturated rings. The first-order chi connectivity index (χ1) is 11.0. The van der Waals surface area contributed by atoms with Crippen LogP contribution in [0.25, 0.3) is 0 Å². The van der Waals surface area contributed by atoms with Crippen LogP contribution in [0.2, 0.25) is 0 Å². The molecule has 5 nitrogen and oxygen atoms in total. The third kappa shape index (κ3) is 3.20. The highest BCUT2D eigenvalue weighted by Crippen LogP contribution is 2.37. The smallest absolute Gasteiger partial charge is 0.229 e. The van der Waals surface area contributed by atoms with Gasteiger partial charge in [0.2, 0.25) is 5.91 Å². The number of carbonyl (C=O) groups excluding carboxylic acids is 1. The number of carbonyl (C=O) groups is 1. The quantitative estimate of drug-likeness (QED) is 0.802. The first kappa shape index (κ1) is 16.2. The van der Waals surface area contributed by atoms with Crippen LogP contribution in [0.15, 0.2) is 18.3 Å². The first-order valence-electron chi connectivity index (χ1n) is 8.58. The van der Waals surface area contributed by atoms with Gasteiger partial charge in [-0.25, -0.2) is 0 Å². The maximum atomic E-state index is 13.1.